The third-order valence-electron chi connectivity index (χ3n) is 5.45. The molecular formula is C20H24FN3O. The fraction of sp³-hybridized carbons (Fsp3) is 0.500. The average Bonchev–Trinajstić information content (AvgIpc) is 3.31. The minimum Gasteiger partial charge on any atom is -0.338 e. The van der Waals surface area contributed by atoms with Gasteiger partial charge in [-0.1, -0.05) is 12.1 Å². The molecule has 0 spiro atoms. The van der Waals surface area contributed by atoms with Gasteiger partial charge in [0.1, 0.15) is 5.82 Å². The van der Waals surface area contributed by atoms with E-state index in [1.54, 1.807) is 12.1 Å². The van der Waals surface area contributed by atoms with E-state index in [1.807, 2.05) is 30.1 Å². The van der Waals surface area contributed by atoms with Crippen molar-refractivity contribution in [2.75, 3.05) is 6.54 Å². The van der Waals surface area contributed by atoms with Crippen molar-refractivity contribution in [1.29, 1.82) is 0 Å². The highest BCUT2D eigenvalue weighted by Crippen LogP contribution is 2.49. The molecule has 2 aromatic rings. The Morgan fingerprint density at radius 2 is 2.24 bits per heavy atom. The zero-order valence-corrected chi connectivity index (χ0v) is 14.6. The predicted octanol–water partition coefficient (Wildman–Crippen LogP) is 3.52. The molecule has 0 unspecified atom stereocenters. The van der Waals surface area contributed by atoms with Gasteiger partial charge in [-0.3, -0.25) is 9.48 Å². The summed E-state index contributed by atoms with van der Waals surface area (Å²) in [6.45, 7) is 3.62. The summed E-state index contributed by atoms with van der Waals surface area (Å²) in [5, 5.41) is 4.37. The van der Waals surface area contributed by atoms with E-state index in [0.29, 0.717) is 0 Å². The molecule has 1 amide bonds. The Kier molecular flexibility index (Phi) is 4.32. The highest BCUT2D eigenvalue weighted by Gasteiger charge is 2.47. The summed E-state index contributed by atoms with van der Waals surface area (Å²) in [5.41, 5.74) is 2.09. The Labute approximate surface area is 147 Å². The first kappa shape index (κ1) is 16.3. The van der Waals surface area contributed by atoms with Crippen LogP contribution in [0.1, 0.15) is 42.7 Å². The summed E-state index contributed by atoms with van der Waals surface area (Å²) in [6.07, 6.45) is 7.98. The van der Waals surface area contributed by atoms with Crippen LogP contribution in [0.5, 0.6) is 0 Å². The molecule has 1 aliphatic carbocycles. The first-order valence-electron chi connectivity index (χ1n) is 9.17. The van der Waals surface area contributed by atoms with Gasteiger partial charge in [-0.05, 0) is 61.8 Å². The van der Waals surface area contributed by atoms with Crippen LogP contribution in [0.15, 0.2) is 36.7 Å². The van der Waals surface area contributed by atoms with E-state index in [1.165, 1.54) is 6.07 Å². The maximum Gasteiger partial charge on any atom is 0.226 e. The topological polar surface area (TPSA) is 38.1 Å². The molecule has 4 rings (SSSR count). The summed E-state index contributed by atoms with van der Waals surface area (Å²) in [7, 11) is 0. The van der Waals surface area contributed by atoms with Crippen LogP contribution in [0, 0.1) is 18.7 Å². The average molecular weight is 341 g/mol. The maximum absolute atomic E-state index is 13.4. The monoisotopic (exact) mass is 341 g/mol. The predicted molar refractivity (Wildman–Crippen MR) is 93.6 cm³/mol. The number of amides is 1. The van der Waals surface area contributed by atoms with Crippen LogP contribution in [-0.4, -0.2) is 33.2 Å². The minimum atomic E-state index is -0.222. The first-order chi connectivity index (χ1) is 12.1. The Morgan fingerprint density at radius 3 is 3.00 bits per heavy atom. The number of likely N-dealkylation sites (tertiary alicyclic amines) is 1. The van der Waals surface area contributed by atoms with Gasteiger partial charge in [0.15, 0.2) is 0 Å². The van der Waals surface area contributed by atoms with Gasteiger partial charge in [0.2, 0.25) is 5.91 Å². The molecule has 1 saturated heterocycles. The molecular weight excluding hydrogens is 317 g/mol. The number of rotatable bonds is 4. The van der Waals surface area contributed by atoms with Crippen LogP contribution in [-0.2, 0) is 11.3 Å². The molecule has 2 heterocycles. The summed E-state index contributed by atoms with van der Waals surface area (Å²) >= 11 is 0. The summed E-state index contributed by atoms with van der Waals surface area (Å²) < 4.78 is 15.4. The van der Waals surface area contributed by atoms with E-state index >= 15 is 0 Å². The number of halogens is 1. The number of benzene rings is 1. The van der Waals surface area contributed by atoms with Gasteiger partial charge < -0.3 is 4.90 Å². The molecule has 4 nitrogen and oxygen atoms in total. The number of hydrogen-bond donors (Lipinski definition) is 0. The van der Waals surface area contributed by atoms with Crippen molar-refractivity contribution in [3.05, 3.63) is 53.6 Å². The lowest BCUT2D eigenvalue weighted by atomic mass is 10.0. The lowest BCUT2D eigenvalue weighted by Crippen LogP contribution is -2.46. The molecule has 1 saturated carbocycles. The lowest BCUT2D eigenvalue weighted by molar-refractivity contribution is -0.136. The quantitative estimate of drug-likeness (QED) is 0.853. The molecule has 1 aromatic heterocycles. The molecule has 25 heavy (non-hydrogen) atoms. The van der Waals surface area contributed by atoms with E-state index in [0.717, 1.165) is 49.9 Å². The second-order valence-electron chi connectivity index (χ2n) is 7.42. The van der Waals surface area contributed by atoms with Gasteiger partial charge in [-0.15, -0.1) is 0 Å². The van der Waals surface area contributed by atoms with Crippen molar-refractivity contribution >= 4 is 5.91 Å². The Balaban J connectivity index is 1.44. The van der Waals surface area contributed by atoms with Gasteiger partial charge in [-0.2, -0.15) is 5.10 Å². The van der Waals surface area contributed by atoms with Gasteiger partial charge in [0.25, 0.3) is 0 Å². The fourth-order valence-corrected chi connectivity index (χ4v) is 4.05. The molecule has 5 heteroatoms. The molecule has 2 fully saturated rings. The summed E-state index contributed by atoms with van der Waals surface area (Å²) in [5.74, 6) is 0.211. The van der Waals surface area contributed by atoms with E-state index in [-0.39, 0.29) is 29.6 Å². The molecule has 0 N–H and O–H groups in total. The fourth-order valence-electron chi connectivity index (χ4n) is 4.05. The Hall–Kier alpha value is -2.17. The lowest BCUT2D eigenvalue weighted by Gasteiger charge is -2.36. The molecule has 1 aliphatic heterocycles. The van der Waals surface area contributed by atoms with Gasteiger partial charge in [0.05, 0.1) is 18.8 Å². The second kappa shape index (κ2) is 6.62. The molecule has 0 radical (unpaired) electrons. The van der Waals surface area contributed by atoms with Gasteiger partial charge >= 0.3 is 0 Å². The number of aryl methyl sites for hydroxylation is 1. The van der Waals surface area contributed by atoms with E-state index in [9.17, 15) is 9.18 Å². The maximum atomic E-state index is 13.4. The van der Waals surface area contributed by atoms with Crippen LogP contribution in [0.3, 0.4) is 0 Å². The third-order valence-corrected chi connectivity index (χ3v) is 5.45. The normalized spacial score (nSPS) is 25.8. The number of hydrogen-bond acceptors (Lipinski definition) is 2. The zero-order valence-electron chi connectivity index (χ0n) is 14.6. The van der Waals surface area contributed by atoms with Crippen LogP contribution < -0.4 is 0 Å². The zero-order chi connectivity index (χ0) is 17.4. The number of piperidine rings is 1. The van der Waals surface area contributed by atoms with Crippen LogP contribution in [0.25, 0.3) is 0 Å². The highest BCUT2D eigenvalue weighted by atomic mass is 19.1. The number of nitrogens with zero attached hydrogens (tertiary/aromatic N) is 3. The largest absolute Gasteiger partial charge is 0.338 e. The number of aromatic nitrogens is 2. The molecule has 3 atom stereocenters. The van der Waals surface area contributed by atoms with Crippen molar-refractivity contribution in [2.45, 2.75) is 51.1 Å². The van der Waals surface area contributed by atoms with Crippen molar-refractivity contribution in [2.24, 2.45) is 5.92 Å². The van der Waals surface area contributed by atoms with Crippen molar-refractivity contribution in [1.82, 2.24) is 14.7 Å². The molecule has 1 aromatic carbocycles. The van der Waals surface area contributed by atoms with Crippen LogP contribution >= 0.6 is 0 Å². The second-order valence-corrected chi connectivity index (χ2v) is 7.42. The van der Waals surface area contributed by atoms with E-state index in [2.05, 4.69) is 10.00 Å². The van der Waals surface area contributed by atoms with E-state index in [4.69, 9.17) is 0 Å². The van der Waals surface area contributed by atoms with Crippen molar-refractivity contribution in [3.63, 3.8) is 0 Å². The third kappa shape index (κ3) is 3.46. The van der Waals surface area contributed by atoms with Crippen LogP contribution in [0.4, 0.5) is 4.39 Å². The highest BCUT2D eigenvalue weighted by molar-refractivity contribution is 5.83. The summed E-state index contributed by atoms with van der Waals surface area (Å²) in [6, 6.07) is 6.90. The molecule has 0 bridgehead atoms. The number of carbonyl (C=O) groups is 1. The van der Waals surface area contributed by atoms with Crippen molar-refractivity contribution < 1.29 is 9.18 Å². The Bertz CT molecular complexity index is 772. The number of carbonyl (C=O) groups excluding carboxylic acids is 1. The molecule has 132 valence electrons. The summed E-state index contributed by atoms with van der Waals surface area (Å²) in [4.78, 5) is 15.1. The van der Waals surface area contributed by atoms with E-state index < -0.39 is 0 Å². The molecule has 2 aliphatic rings. The standard InChI is InChI=1S/C20H24FN3O/c1-14-11-22-23(12-14)13-17-7-2-3-8-24(17)20(25)19-10-18(19)15-5-4-6-16(21)9-15/h4-6,9,11-12,17-19H,2-3,7-8,10,13H2,1H3/t17-,18+,19-/m0/s1. The first-order valence-corrected chi connectivity index (χ1v) is 9.17. The smallest absolute Gasteiger partial charge is 0.226 e. The van der Waals surface area contributed by atoms with Gasteiger partial charge in [0, 0.05) is 18.7 Å². The van der Waals surface area contributed by atoms with Gasteiger partial charge in [-0.25, -0.2) is 4.39 Å². The Morgan fingerprint density at radius 1 is 1.36 bits per heavy atom. The minimum absolute atomic E-state index is 0.0155. The van der Waals surface area contributed by atoms with Crippen molar-refractivity contribution in [3.8, 4) is 0 Å². The van der Waals surface area contributed by atoms with Crippen LogP contribution in [0.2, 0.25) is 0 Å². The SMILES string of the molecule is Cc1cnn(C[C@@H]2CCCCN2C(=O)[C@H]2C[C@@H]2c2cccc(F)c2)c1.